The van der Waals surface area contributed by atoms with E-state index in [1.54, 1.807) is 24.3 Å². The Hall–Kier alpha value is -2.48. The molecule has 0 aliphatic rings. The average molecular weight is 386 g/mol. The van der Waals surface area contributed by atoms with E-state index < -0.39 is 10.0 Å². The van der Waals surface area contributed by atoms with Crippen LogP contribution in [0.1, 0.15) is 15.2 Å². The van der Waals surface area contributed by atoms with Crippen LogP contribution in [0.4, 0.5) is 5.69 Å². The van der Waals surface area contributed by atoms with E-state index in [2.05, 4.69) is 10.0 Å². The zero-order valence-electron chi connectivity index (χ0n) is 13.9. The minimum absolute atomic E-state index is 0.166. The molecule has 0 bridgehead atoms. The van der Waals surface area contributed by atoms with Gasteiger partial charge in [0, 0.05) is 12.2 Å². The van der Waals surface area contributed by atoms with E-state index in [0.717, 1.165) is 5.56 Å². The Balaban J connectivity index is 1.59. The third kappa shape index (κ3) is 4.78. The number of carbonyl (C=O) groups is 1. The van der Waals surface area contributed by atoms with Crippen molar-refractivity contribution in [1.82, 2.24) is 4.72 Å². The van der Waals surface area contributed by atoms with Gasteiger partial charge >= 0.3 is 0 Å². The van der Waals surface area contributed by atoms with E-state index in [1.807, 2.05) is 35.7 Å². The van der Waals surface area contributed by atoms with Crippen molar-refractivity contribution in [3.8, 4) is 0 Å². The van der Waals surface area contributed by atoms with Crippen molar-refractivity contribution in [1.29, 1.82) is 0 Å². The van der Waals surface area contributed by atoms with E-state index in [4.69, 9.17) is 0 Å². The summed E-state index contributed by atoms with van der Waals surface area (Å²) in [5.74, 6) is -0.211. The predicted octanol–water partition coefficient (Wildman–Crippen LogP) is 3.52. The Morgan fingerprint density at radius 1 is 0.923 bits per heavy atom. The third-order valence-electron chi connectivity index (χ3n) is 3.72. The van der Waals surface area contributed by atoms with Crippen LogP contribution in [0.5, 0.6) is 0 Å². The highest BCUT2D eigenvalue weighted by Gasteiger charge is 2.14. The van der Waals surface area contributed by atoms with Crippen LogP contribution >= 0.6 is 11.3 Å². The molecule has 0 unspecified atom stereocenters. The van der Waals surface area contributed by atoms with E-state index in [9.17, 15) is 13.2 Å². The third-order valence-corrected chi connectivity index (χ3v) is 6.06. The van der Waals surface area contributed by atoms with Crippen molar-refractivity contribution in [2.75, 3.05) is 11.9 Å². The van der Waals surface area contributed by atoms with Gasteiger partial charge in [-0.2, -0.15) is 0 Å². The van der Waals surface area contributed by atoms with Crippen LogP contribution in [0.3, 0.4) is 0 Å². The summed E-state index contributed by atoms with van der Waals surface area (Å²) < 4.78 is 27.3. The topological polar surface area (TPSA) is 75.3 Å². The van der Waals surface area contributed by atoms with Gasteiger partial charge in [0.1, 0.15) is 0 Å². The van der Waals surface area contributed by atoms with Gasteiger partial charge in [0.05, 0.1) is 9.77 Å². The molecule has 0 fully saturated rings. The number of carbonyl (C=O) groups excluding carboxylic acids is 1. The smallest absolute Gasteiger partial charge is 0.265 e. The Labute approximate surface area is 156 Å². The number of sulfonamides is 1. The van der Waals surface area contributed by atoms with Crippen LogP contribution < -0.4 is 10.0 Å². The Kier molecular flexibility index (Phi) is 5.82. The summed E-state index contributed by atoms with van der Waals surface area (Å²) in [6.45, 7) is 0.323. The monoisotopic (exact) mass is 386 g/mol. The summed E-state index contributed by atoms with van der Waals surface area (Å²) in [7, 11) is -3.58. The van der Waals surface area contributed by atoms with Crippen LogP contribution in [-0.4, -0.2) is 20.9 Å². The molecular formula is C19H18N2O3S2. The largest absolute Gasteiger partial charge is 0.321 e. The van der Waals surface area contributed by atoms with E-state index in [0.29, 0.717) is 23.5 Å². The number of amides is 1. The number of hydrogen-bond donors (Lipinski definition) is 2. The molecule has 3 rings (SSSR count). The fraction of sp³-hybridized carbons (Fsp3) is 0.105. The van der Waals surface area contributed by atoms with Gasteiger partial charge in [-0.25, -0.2) is 13.1 Å². The van der Waals surface area contributed by atoms with Gasteiger partial charge in [0.25, 0.3) is 5.91 Å². The number of anilines is 1. The van der Waals surface area contributed by atoms with Gasteiger partial charge in [-0.05, 0) is 47.7 Å². The first-order valence-electron chi connectivity index (χ1n) is 8.03. The summed E-state index contributed by atoms with van der Waals surface area (Å²) in [4.78, 5) is 12.8. The van der Waals surface area contributed by atoms with Crippen LogP contribution in [0, 0.1) is 0 Å². The molecule has 1 heterocycles. The second kappa shape index (κ2) is 8.27. The quantitative estimate of drug-likeness (QED) is 0.652. The lowest BCUT2D eigenvalue weighted by Gasteiger charge is -2.08. The van der Waals surface area contributed by atoms with E-state index >= 15 is 0 Å². The zero-order valence-corrected chi connectivity index (χ0v) is 15.5. The highest BCUT2D eigenvalue weighted by Crippen LogP contribution is 2.16. The SMILES string of the molecule is O=C(Nc1ccc(S(=O)(=O)NCCc2ccccc2)cc1)c1cccs1. The lowest BCUT2D eigenvalue weighted by atomic mass is 10.2. The van der Waals surface area contributed by atoms with Crippen LogP contribution in [0.25, 0.3) is 0 Å². The maximum Gasteiger partial charge on any atom is 0.265 e. The minimum atomic E-state index is -3.58. The molecule has 0 saturated heterocycles. The Morgan fingerprint density at radius 3 is 2.31 bits per heavy atom. The number of nitrogens with one attached hydrogen (secondary N) is 2. The zero-order chi connectivity index (χ0) is 18.4. The first-order chi connectivity index (χ1) is 12.5. The standard InChI is InChI=1S/C19H18N2O3S2/c22-19(18-7-4-14-25-18)21-16-8-10-17(11-9-16)26(23,24)20-13-12-15-5-2-1-3-6-15/h1-11,14,20H,12-13H2,(H,21,22). The lowest BCUT2D eigenvalue weighted by molar-refractivity contribution is 0.103. The second-order valence-corrected chi connectivity index (χ2v) is 8.30. The second-order valence-electron chi connectivity index (χ2n) is 5.59. The fourth-order valence-corrected chi connectivity index (χ4v) is 4.03. The molecule has 3 aromatic rings. The van der Waals surface area contributed by atoms with E-state index in [-0.39, 0.29) is 10.8 Å². The molecule has 0 spiro atoms. The summed E-state index contributed by atoms with van der Waals surface area (Å²) in [5.41, 5.74) is 1.62. The summed E-state index contributed by atoms with van der Waals surface area (Å²) >= 11 is 1.35. The highest BCUT2D eigenvalue weighted by atomic mass is 32.2. The molecule has 7 heteroatoms. The lowest BCUT2D eigenvalue weighted by Crippen LogP contribution is -2.26. The molecule has 2 aromatic carbocycles. The van der Waals surface area contributed by atoms with E-state index in [1.165, 1.54) is 23.5 Å². The van der Waals surface area contributed by atoms with Gasteiger partial charge in [0.15, 0.2) is 0 Å². The maximum atomic E-state index is 12.3. The van der Waals surface area contributed by atoms with Crippen molar-refractivity contribution in [2.24, 2.45) is 0 Å². The first kappa shape index (κ1) is 18.3. The normalized spacial score (nSPS) is 11.2. The number of thiophene rings is 1. The van der Waals surface area contributed by atoms with Crippen LogP contribution in [-0.2, 0) is 16.4 Å². The van der Waals surface area contributed by atoms with Crippen molar-refractivity contribution < 1.29 is 13.2 Å². The number of rotatable bonds is 7. The molecule has 1 amide bonds. The van der Waals surface area contributed by atoms with Gasteiger partial charge in [-0.15, -0.1) is 11.3 Å². The van der Waals surface area contributed by atoms with Crippen LogP contribution in [0.15, 0.2) is 77.0 Å². The molecule has 26 heavy (non-hydrogen) atoms. The van der Waals surface area contributed by atoms with Crippen molar-refractivity contribution in [2.45, 2.75) is 11.3 Å². The van der Waals surface area contributed by atoms with Crippen LogP contribution in [0.2, 0.25) is 0 Å². The van der Waals surface area contributed by atoms with Gasteiger partial charge in [0.2, 0.25) is 10.0 Å². The molecular weight excluding hydrogens is 368 g/mol. The number of benzene rings is 2. The molecule has 0 aliphatic heterocycles. The summed E-state index contributed by atoms with van der Waals surface area (Å²) in [6, 6.07) is 19.3. The fourth-order valence-electron chi connectivity index (χ4n) is 2.38. The number of hydrogen-bond acceptors (Lipinski definition) is 4. The van der Waals surface area contributed by atoms with Gasteiger partial charge < -0.3 is 5.32 Å². The highest BCUT2D eigenvalue weighted by molar-refractivity contribution is 7.89. The average Bonchev–Trinajstić information content (AvgIpc) is 3.18. The first-order valence-corrected chi connectivity index (χ1v) is 10.4. The van der Waals surface area contributed by atoms with Crippen molar-refractivity contribution in [3.05, 3.63) is 82.6 Å². The van der Waals surface area contributed by atoms with Gasteiger partial charge in [-0.1, -0.05) is 36.4 Å². The molecule has 134 valence electrons. The van der Waals surface area contributed by atoms with Crippen molar-refractivity contribution in [3.63, 3.8) is 0 Å². The molecule has 0 saturated carbocycles. The minimum Gasteiger partial charge on any atom is -0.321 e. The molecule has 2 N–H and O–H groups in total. The molecule has 0 aliphatic carbocycles. The van der Waals surface area contributed by atoms with Crippen molar-refractivity contribution >= 4 is 33.0 Å². The molecule has 5 nitrogen and oxygen atoms in total. The molecule has 0 radical (unpaired) electrons. The summed E-state index contributed by atoms with van der Waals surface area (Å²) in [6.07, 6.45) is 0.620. The summed E-state index contributed by atoms with van der Waals surface area (Å²) in [5, 5.41) is 4.57. The molecule has 0 atom stereocenters. The molecule has 1 aromatic heterocycles. The maximum absolute atomic E-state index is 12.3. The Bertz CT molecular complexity index is 952. The van der Waals surface area contributed by atoms with Gasteiger partial charge in [-0.3, -0.25) is 4.79 Å². The predicted molar refractivity (Wildman–Crippen MR) is 104 cm³/mol. The Morgan fingerprint density at radius 2 is 1.65 bits per heavy atom.